The number of unbranched alkanes of at least 4 members (excludes halogenated alkanes) is 27. The van der Waals surface area contributed by atoms with Crippen LogP contribution in [0.25, 0.3) is 0 Å². The van der Waals surface area contributed by atoms with Crippen LogP contribution in [-0.2, 0) is 65.4 Å². The number of phosphoric ester groups is 2. The van der Waals surface area contributed by atoms with Crippen molar-refractivity contribution >= 4 is 39.5 Å². The topological polar surface area (TPSA) is 237 Å². The molecular formula is C85H144O17P2. The molecule has 3 N–H and O–H groups in total. The SMILES string of the molecule is CC/C=C\C/C=C\C/C=C\C/C=C\C/C=C\C/C=C\CCC(=O)OCC(COP(=O)(O)OCC(O)COP(=O)(O)OCC(COC(=O)CCCCCCCC/C=C\C/C=C\C/C=C\C/C=C\CC)OC(=O)CCCCCCCCCCCCC)OC(=O)CCCCCCC/C=C\CCCCCCCC. The lowest BCUT2D eigenvalue weighted by atomic mass is 10.1. The van der Waals surface area contributed by atoms with E-state index in [9.17, 15) is 43.2 Å². The molecule has 0 bridgehead atoms. The third kappa shape index (κ3) is 75.4. The Labute approximate surface area is 631 Å². The van der Waals surface area contributed by atoms with Crippen LogP contribution in [0.2, 0.25) is 0 Å². The van der Waals surface area contributed by atoms with Gasteiger partial charge in [-0.1, -0.05) is 303 Å². The molecule has 0 rings (SSSR count). The van der Waals surface area contributed by atoms with E-state index >= 15 is 0 Å². The van der Waals surface area contributed by atoms with Gasteiger partial charge in [-0.15, -0.1) is 0 Å². The number of esters is 4. The molecule has 0 heterocycles. The van der Waals surface area contributed by atoms with Gasteiger partial charge in [-0.2, -0.15) is 0 Å². The molecule has 17 nitrogen and oxygen atoms in total. The third-order valence-electron chi connectivity index (χ3n) is 16.6. The summed E-state index contributed by atoms with van der Waals surface area (Å²) in [6, 6.07) is 0. The van der Waals surface area contributed by atoms with E-state index in [1.165, 1.54) is 77.0 Å². The number of carbonyl (C=O) groups is 4. The molecule has 0 radical (unpaired) electrons. The van der Waals surface area contributed by atoms with Crippen molar-refractivity contribution in [1.29, 1.82) is 0 Å². The Kier molecular flexibility index (Phi) is 72.9. The summed E-state index contributed by atoms with van der Waals surface area (Å²) in [5, 5.41) is 10.6. The van der Waals surface area contributed by atoms with E-state index in [1.807, 2.05) is 18.2 Å². The Bertz CT molecular complexity index is 2490. The first kappa shape index (κ1) is 99.2. The fraction of sp³-hybridized carbons (Fsp3) is 0.694. The Morgan fingerprint density at radius 1 is 0.279 bits per heavy atom. The van der Waals surface area contributed by atoms with Gasteiger partial charge in [-0.3, -0.25) is 37.3 Å². The molecule has 19 heteroatoms. The zero-order valence-electron chi connectivity index (χ0n) is 65.2. The van der Waals surface area contributed by atoms with Crippen molar-refractivity contribution in [2.24, 2.45) is 0 Å². The van der Waals surface area contributed by atoms with Gasteiger partial charge in [-0.05, 0) is 128 Å². The van der Waals surface area contributed by atoms with E-state index in [2.05, 4.69) is 143 Å². The van der Waals surface area contributed by atoms with Crippen molar-refractivity contribution in [1.82, 2.24) is 0 Å². The van der Waals surface area contributed by atoms with Crippen molar-refractivity contribution < 1.29 is 80.2 Å². The molecule has 0 saturated carbocycles. The van der Waals surface area contributed by atoms with E-state index in [0.717, 1.165) is 161 Å². The lowest BCUT2D eigenvalue weighted by molar-refractivity contribution is -0.161. The van der Waals surface area contributed by atoms with Crippen molar-refractivity contribution in [3.63, 3.8) is 0 Å². The number of ether oxygens (including phenoxy) is 4. The summed E-state index contributed by atoms with van der Waals surface area (Å²) in [5.74, 6) is -2.29. The van der Waals surface area contributed by atoms with Crippen molar-refractivity contribution in [3.8, 4) is 0 Å². The van der Waals surface area contributed by atoms with E-state index in [1.54, 1.807) is 0 Å². The number of aliphatic hydroxyl groups excluding tert-OH is 1. The van der Waals surface area contributed by atoms with E-state index in [0.29, 0.717) is 32.1 Å². The first-order valence-corrected chi connectivity index (χ1v) is 43.4. The van der Waals surface area contributed by atoms with Crippen molar-refractivity contribution in [2.75, 3.05) is 39.6 Å². The fourth-order valence-electron chi connectivity index (χ4n) is 10.5. The Morgan fingerprint density at radius 2 is 0.519 bits per heavy atom. The zero-order chi connectivity index (χ0) is 76.0. The molecule has 5 unspecified atom stereocenters. The highest BCUT2D eigenvalue weighted by Crippen LogP contribution is 2.45. The second-order valence-corrected chi connectivity index (χ2v) is 29.5. The van der Waals surface area contributed by atoms with E-state index in [-0.39, 0.29) is 25.7 Å². The fourth-order valence-corrected chi connectivity index (χ4v) is 12.1. The predicted molar refractivity (Wildman–Crippen MR) is 427 cm³/mol. The number of hydrogen-bond donors (Lipinski definition) is 3. The molecular weight excluding hydrogens is 1350 g/mol. The summed E-state index contributed by atoms with van der Waals surface area (Å²) in [6.45, 7) is 4.55. The average molecular weight is 1500 g/mol. The zero-order valence-corrected chi connectivity index (χ0v) is 66.9. The number of phosphoric acid groups is 2. The van der Waals surface area contributed by atoms with Crippen LogP contribution in [0.15, 0.2) is 134 Å². The van der Waals surface area contributed by atoms with Crippen molar-refractivity contribution in [3.05, 3.63) is 134 Å². The number of carbonyl (C=O) groups excluding carboxylic acids is 4. The molecule has 5 atom stereocenters. The summed E-state index contributed by atoms with van der Waals surface area (Å²) in [4.78, 5) is 73.0. The molecule has 0 spiro atoms. The maximum absolute atomic E-state index is 13.1. The number of hydrogen-bond acceptors (Lipinski definition) is 15. The largest absolute Gasteiger partial charge is 0.472 e. The molecule has 0 aromatic rings. The first-order chi connectivity index (χ1) is 50.7. The summed E-state index contributed by atoms with van der Waals surface area (Å²) in [7, 11) is -9.98. The second kappa shape index (κ2) is 76.4. The highest BCUT2D eigenvalue weighted by atomic mass is 31.2. The molecule has 596 valence electrons. The van der Waals surface area contributed by atoms with Crippen LogP contribution in [0.3, 0.4) is 0 Å². The van der Waals surface area contributed by atoms with Gasteiger partial charge in [0.25, 0.3) is 0 Å². The van der Waals surface area contributed by atoms with Crippen LogP contribution in [0.4, 0.5) is 0 Å². The second-order valence-electron chi connectivity index (χ2n) is 26.6. The molecule has 0 saturated heterocycles. The molecule has 0 aromatic heterocycles. The van der Waals surface area contributed by atoms with Gasteiger partial charge in [0.2, 0.25) is 0 Å². The van der Waals surface area contributed by atoms with Crippen LogP contribution in [0, 0.1) is 0 Å². The molecule has 0 fully saturated rings. The lowest BCUT2D eigenvalue weighted by Gasteiger charge is -2.21. The van der Waals surface area contributed by atoms with Gasteiger partial charge in [0.1, 0.15) is 19.3 Å². The number of rotatable bonds is 75. The van der Waals surface area contributed by atoms with Crippen molar-refractivity contribution in [2.45, 2.75) is 341 Å². The van der Waals surface area contributed by atoms with Crippen LogP contribution < -0.4 is 0 Å². The van der Waals surface area contributed by atoms with E-state index in [4.69, 9.17) is 37.0 Å². The summed E-state index contributed by atoms with van der Waals surface area (Å²) in [5.41, 5.74) is 0. The normalized spacial score (nSPS) is 14.6. The number of allylic oxidation sites excluding steroid dienone is 22. The van der Waals surface area contributed by atoms with Gasteiger partial charge in [0.05, 0.1) is 26.4 Å². The monoisotopic (exact) mass is 1500 g/mol. The van der Waals surface area contributed by atoms with Crippen LogP contribution in [0.1, 0.15) is 323 Å². The Balaban J connectivity index is 5.39. The van der Waals surface area contributed by atoms with E-state index < -0.39 is 97.5 Å². The Morgan fingerprint density at radius 3 is 0.837 bits per heavy atom. The molecule has 0 amide bonds. The van der Waals surface area contributed by atoms with Crippen LogP contribution in [-0.4, -0.2) is 96.7 Å². The highest BCUT2D eigenvalue weighted by Gasteiger charge is 2.30. The predicted octanol–water partition coefficient (Wildman–Crippen LogP) is 23.7. The molecule has 0 aromatic carbocycles. The average Bonchev–Trinajstić information content (AvgIpc) is 0.929. The van der Waals surface area contributed by atoms with Gasteiger partial charge in [0.15, 0.2) is 12.2 Å². The maximum Gasteiger partial charge on any atom is 0.472 e. The van der Waals surface area contributed by atoms with Gasteiger partial charge in [-0.25, -0.2) is 9.13 Å². The summed E-state index contributed by atoms with van der Waals surface area (Å²) < 4.78 is 68.5. The maximum atomic E-state index is 13.1. The highest BCUT2D eigenvalue weighted by molar-refractivity contribution is 7.47. The minimum absolute atomic E-state index is 0.0328. The van der Waals surface area contributed by atoms with Crippen LogP contribution in [0.5, 0.6) is 0 Å². The third-order valence-corrected chi connectivity index (χ3v) is 18.5. The molecule has 0 aliphatic heterocycles. The quantitative estimate of drug-likeness (QED) is 0.0169. The minimum atomic E-state index is -5.00. The molecule has 104 heavy (non-hydrogen) atoms. The molecule has 0 aliphatic carbocycles. The van der Waals surface area contributed by atoms with Gasteiger partial charge >= 0.3 is 39.5 Å². The summed E-state index contributed by atoms with van der Waals surface area (Å²) >= 11 is 0. The lowest BCUT2D eigenvalue weighted by Crippen LogP contribution is -2.30. The summed E-state index contributed by atoms with van der Waals surface area (Å²) in [6.07, 6.45) is 85.9. The number of aliphatic hydroxyl groups is 1. The molecule has 0 aliphatic rings. The van der Waals surface area contributed by atoms with Gasteiger partial charge in [0, 0.05) is 25.7 Å². The van der Waals surface area contributed by atoms with Crippen LogP contribution >= 0.6 is 15.6 Å². The first-order valence-electron chi connectivity index (χ1n) is 40.4. The minimum Gasteiger partial charge on any atom is -0.462 e. The van der Waals surface area contributed by atoms with Gasteiger partial charge < -0.3 is 33.8 Å². The standard InChI is InChI=1S/C85H144O17P2/c1-5-9-13-17-21-25-29-32-35-37-39-41-44-46-50-53-57-61-65-69-82(87)95-75-80(101-84(89)71-67-63-59-55-49-28-24-20-16-12-8-4)77-99-103(91,92)97-73-79(86)74-98-104(93,94)100-78-81(102-85(90)72-68-64-60-56-52-48-43-34-31-27-23-19-15-11-7-3)76-96-83(88)70-66-62-58-54-51-47-45-42-40-38-36-33-30-26-22-18-14-10-6-2/h9-10,13-14,21-22,25-26,32-36,39-43,47,51,58,62,79-81,86H,5-8,11-12,15-20,23-24,27-31,37-38,44-46,48-50,52-57,59-61,63-78H2,1-4H3,(H,91,92)(H,93,94)/b13-9-,14-10-,25-21-,26-22-,35-32-,36-33-,41-39-,42-40-,43-34-,51-47-,62-58-. The smallest absolute Gasteiger partial charge is 0.462 e. The Hall–Kier alpha value is -4.80.